The highest BCUT2D eigenvalue weighted by Gasteiger charge is 2.05. The molecule has 0 amide bonds. The molecular weight excluding hydrogens is 186 g/mol. The van der Waals surface area contributed by atoms with E-state index in [1.807, 2.05) is 31.0 Å². The molecule has 0 saturated heterocycles. The number of hydrazine groups is 1. The molecule has 0 aromatic rings. The summed E-state index contributed by atoms with van der Waals surface area (Å²) in [7, 11) is 3.87. The first-order valence-corrected chi connectivity index (χ1v) is 4.56. The molecule has 0 aliphatic carbocycles. The van der Waals surface area contributed by atoms with Gasteiger partial charge in [-0.05, 0) is 13.0 Å². The van der Waals surface area contributed by atoms with Crippen LogP contribution in [0.4, 0.5) is 0 Å². The van der Waals surface area contributed by atoms with Crippen LogP contribution in [0.15, 0.2) is 24.9 Å². The Labute approximate surface area is 85.6 Å². The molecule has 76 valence electrons. The largest absolute Gasteiger partial charge is 0.309 e. The Morgan fingerprint density at radius 3 is 2.54 bits per heavy atom. The molecule has 3 nitrogen and oxygen atoms in total. The second kappa shape index (κ2) is 6.02. The molecule has 4 heteroatoms. The number of likely N-dealkylation sites (N-methyl/N-ethyl adjacent to an activating group) is 1. The van der Waals surface area contributed by atoms with Crippen LogP contribution in [0.3, 0.4) is 0 Å². The van der Waals surface area contributed by atoms with Crippen LogP contribution < -0.4 is 5.32 Å². The summed E-state index contributed by atoms with van der Waals surface area (Å²) < 4.78 is 0. The van der Waals surface area contributed by atoms with Gasteiger partial charge in [-0.1, -0.05) is 13.2 Å². The zero-order valence-corrected chi connectivity index (χ0v) is 9.30. The lowest BCUT2D eigenvalue weighted by atomic mass is 10.5. The summed E-state index contributed by atoms with van der Waals surface area (Å²) in [6.45, 7) is 10.0. The van der Waals surface area contributed by atoms with E-state index in [1.54, 1.807) is 6.08 Å². The molecule has 0 aliphatic heterocycles. The number of rotatable bonds is 6. The lowest BCUT2D eigenvalue weighted by Gasteiger charge is -2.30. The molecule has 0 saturated carbocycles. The number of nitrogens with one attached hydrogen (secondary N) is 1. The Morgan fingerprint density at radius 2 is 2.15 bits per heavy atom. The summed E-state index contributed by atoms with van der Waals surface area (Å²) in [5.74, 6) is 0. The number of nitrogens with zero attached hydrogens (tertiary/aromatic N) is 2. The van der Waals surface area contributed by atoms with Gasteiger partial charge in [0, 0.05) is 19.8 Å². The van der Waals surface area contributed by atoms with Crippen molar-refractivity contribution in [1.29, 1.82) is 0 Å². The van der Waals surface area contributed by atoms with Crippen molar-refractivity contribution >= 4 is 11.6 Å². The van der Waals surface area contributed by atoms with Gasteiger partial charge in [0.05, 0.1) is 12.2 Å². The fourth-order valence-corrected chi connectivity index (χ4v) is 0.784. The summed E-state index contributed by atoms with van der Waals surface area (Å²) >= 11 is 5.74. The summed E-state index contributed by atoms with van der Waals surface area (Å²) in [5, 5.41) is 6.94. The molecular formula is C9H18ClN3. The highest BCUT2D eigenvalue weighted by molar-refractivity contribution is 6.20. The second-order valence-corrected chi connectivity index (χ2v) is 3.51. The van der Waals surface area contributed by atoms with E-state index in [-0.39, 0.29) is 5.50 Å². The maximum Gasteiger partial charge on any atom is 0.0807 e. The minimum absolute atomic E-state index is 0.0344. The molecule has 0 aliphatic rings. The Balaban J connectivity index is 3.88. The van der Waals surface area contributed by atoms with Crippen LogP contribution >= 0.6 is 11.6 Å². The number of hydrogen-bond donors (Lipinski definition) is 1. The Hall–Kier alpha value is -0.510. The van der Waals surface area contributed by atoms with Gasteiger partial charge in [-0.2, -0.15) is 0 Å². The van der Waals surface area contributed by atoms with Crippen LogP contribution in [0.25, 0.3) is 0 Å². The molecule has 0 spiro atoms. The van der Waals surface area contributed by atoms with Crippen LogP contribution in [0.1, 0.15) is 6.92 Å². The van der Waals surface area contributed by atoms with Gasteiger partial charge in [-0.3, -0.25) is 5.32 Å². The van der Waals surface area contributed by atoms with Crippen LogP contribution in [0.2, 0.25) is 0 Å². The number of hydrogen-bond acceptors (Lipinski definition) is 3. The van der Waals surface area contributed by atoms with Crippen LogP contribution in [0.5, 0.6) is 0 Å². The highest BCUT2D eigenvalue weighted by Crippen LogP contribution is 2.01. The topological polar surface area (TPSA) is 18.5 Å². The van der Waals surface area contributed by atoms with Crippen LogP contribution in [-0.2, 0) is 0 Å². The first kappa shape index (κ1) is 12.5. The lowest BCUT2D eigenvalue weighted by molar-refractivity contribution is 0.0598. The highest BCUT2D eigenvalue weighted by atomic mass is 35.5. The van der Waals surface area contributed by atoms with Gasteiger partial charge in [0.1, 0.15) is 0 Å². The van der Waals surface area contributed by atoms with Gasteiger partial charge in [0.2, 0.25) is 0 Å². The van der Waals surface area contributed by atoms with E-state index in [0.717, 1.165) is 5.70 Å². The van der Waals surface area contributed by atoms with Crippen molar-refractivity contribution in [1.82, 2.24) is 15.3 Å². The average molecular weight is 204 g/mol. The molecule has 0 radical (unpaired) electrons. The van der Waals surface area contributed by atoms with Crippen molar-refractivity contribution in [2.45, 2.75) is 12.4 Å². The molecule has 1 unspecified atom stereocenters. The smallest absolute Gasteiger partial charge is 0.0807 e. The molecule has 0 aromatic carbocycles. The first-order chi connectivity index (χ1) is 5.99. The monoisotopic (exact) mass is 203 g/mol. The van der Waals surface area contributed by atoms with Gasteiger partial charge in [-0.15, -0.1) is 11.6 Å². The zero-order chi connectivity index (χ0) is 10.4. The minimum atomic E-state index is -0.0344. The second-order valence-electron chi connectivity index (χ2n) is 2.85. The summed E-state index contributed by atoms with van der Waals surface area (Å²) in [6, 6.07) is 0. The summed E-state index contributed by atoms with van der Waals surface area (Å²) in [4.78, 5) is 0. The van der Waals surface area contributed by atoms with E-state index in [0.29, 0.717) is 6.67 Å². The van der Waals surface area contributed by atoms with Crippen molar-refractivity contribution in [2.24, 2.45) is 0 Å². The molecule has 13 heavy (non-hydrogen) atoms. The van der Waals surface area contributed by atoms with Crippen LogP contribution in [-0.4, -0.2) is 36.3 Å². The molecule has 1 N–H and O–H groups in total. The number of halogens is 1. The van der Waals surface area contributed by atoms with Gasteiger partial charge in [0.15, 0.2) is 0 Å². The fourth-order valence-electron chi connectivity index (χ4n) is 0.715. The van der Waals surface area contributed by atoms with E-state index in [2.05, 4.69) is 18.5 Å². The van der Waals surface area contributed by atoms with Crippen molar-refractivity contribution in [3.8, 4) is 0 Å². The van der Waals surface area contributed by atoms with Crippen molar-refractivity contribution in [3.05, 3.63) is 24.9 Å². The van der Waals surface area contributed by atoms with Gasteiger partial charge < -0.3 is 5.01 Å². The molecule has 0 heterocycles. The number of allylic oxidation sites excluding steroid dienone is 1. The van der Waals surface area contributed by atoms with Crippen molar-refractivity contribution in [2.75, 3.05) is 20.8 Å². The molecule has 0 bridgehead atoms. The SMILES string of the molecule is C=CC(=C)N(C)N(C)CNC(C)Cl. The van der Waals surface area contributed by atoms with Crippen LogP contribution in [0, 0.1) is 0 Å². The van der Waals surface area contributed by atoms with E-state index in [1.165, 1.54) is 0 Å². The minimum Gasteiger partial charge on any atom is -0.309 e. The van der Waals surface area contributed by atoms with Crippen molar-refractivity contribution in [3.63, 3.8) is 0 Å². The molecule has 0 fully saturated rings. The predicted octanol–water partition coefficient (Wildman–Crippen LogP) is 1.60. The quantitative estimate of drug-likeness (QED) is 0.233. The molecule has 0 rings (SSSR count). The standard InChI is InChI=1S/C9H18ClN3/c1-6-8(2)13(5)12(4)7-11-9(3)10/h6,9,11H,1-2,7H2,3-5H3. The summed E-state index contributed by atoms with van der Waals surface area (Å²) in [5.41, 5.74) is 0.819. The van der Waals surface area contributed by atoms with E-state index >= 15 is 0 Å². The first-order valence-electron chi connectivity index (χ1n) is 4.12. The Bertz CT molecular complexity index is 180. The lowest BCUT2D eigenvalue weighted by Crippen LogP contribution is -2.42. The Kier molecular flexibility index (Phi) is 5.79. The van der Waals surface area contributed by atoms with E-state index < -0.39 is 0 Å². The maximum absolute atomic E-state index is 5.74. The third-order valence-corrected chi connectivity index (χ3v) is 1.92. The maximum atomic E-state index is 5.74. The number of alkyl halides is 1. The third kappa shape index (κ3) is 4.93. The zero-order valence-electron chi connectivity index (χ0n) is 8.55. The van der Waals surface area contributed by atoms with Crippen molar-refractivity contribution < 1.29 is 0 Å². The van der Waals surface area contributed by atoms with Gasteiger partial charge in [0.25, 0.3) is 0 Å². The molecule has 1 atom stereocenters. The fraction of sp³-hybridized carbons (Fsp3) is 0.556. The normalized spacial score (nSPS) is 12.7. The van der Waals surface area contributed by atoms with Gasteiger partial charge >= 0.3 is 0 Å². The van der Waals surface area contributed by atoms with E-state index in [9.17, 15) is 0 Å². The molecule has 0 aromatic heterocycles. The predicted molar refractivity (Wildman–Crippen MR) is 58.2 cm³/mol. The van der Waals surface area contributed by atoms with Gasteiger partial charge in [-0.25, -0.2) is 5.01 Å². The Morgan fingerprint density at radius 1 is 1.62 bits per heavy atom. The summed E-state index contributed by atoms with van der Waals surface area (Å²) in [6.07, 6.45) is 1.71. The average Bonchev–Trinajstić information content (AvgIpc) is 2.11. The van der Waals surface area contributed by atoms with E-state index in [4.69, 9.17) is 11.6 Å². The third-order valence-electron chi connectivity index (χ3n) is 1.76.